The normalized spacial score (nSPS) is 10.6. The molecule has 2 rings (SSSR count). The van der Waals surface area contributed by atoms with Crippen LogP contribution < -0.4 is 0 Å². The van der Waals surface area contributed by atoms with Gasteiger partial charge in [-0.25, -0.2) is 4.79 Å². The molecule has 0 fully saturated rings. The first-order chi connectivity index (χ1) is 12.0. The quantitative estimate of drug-likeness (QED) is 0.328. The fraction of sp³-hybridized carbons (Fsp3) is 0.176. The Kier molecular flexibility index (Phi) is 6.41. The number of likely N-dealkylation sites (N-methyl/N-ethyl adjacent to an activating group) is 1. The molecule has 0 atom stereocenters. The summed E-state index contributed by atoms with van der Waals surface area (Å²) in [6.07, 6.45) is 2.53. The van der Waals surface area contributed by atoms with Gasteiger partial charge in [-0.05, 0) is 34.0 Å². The van der Waals surface area contributed by atoms with Crippen molar-refractivity contribution in [3.8, 4) is 0 Å². The van der Waals surface area contributed by atoms with E-state index < -0.39 is 10.9 Å². The monoisotopic (exact) mass is 360 g/mol. The Bertz CT molecular complexity index is 786. The lowest BCUT2D eigenvalue weighted by Crippen LogP contribution is -2.30. The molecule has 0 spiro atoms. The number of esters is 1. The van der Waals surface area contributed by atoms with Gasteiger partial charge in [0.2, 0.25) is 0 Å². The first kappa shape index (κ1) is 18.3. The molecule has 25 heavy (non-hydrogen) atoms. The van der Waals surface area contributed by atoms with Gasteiger partial charge in [-0.15, -0.1) is 0 Å². The Morgan fingerprint density at radius 3 is 2.84 bits per heavy atom. The predicted octanol–water partition coefficient (Wildman–Crippen LogP) is 2.87. The minimum absolute atomic E-state index is 0.0687. The molecule has 1 aromatic carbocycles. The van der Waals surface area contributed by atoms with Crippen LogP contribution in [-0.2, 0) is 20.9 Å². The lowest BCUT2D eigenvalue weighted by atomic mass is 10.2. The molecule has 2 aromatic rings. The lowest BCUT2D eigenvalue weighted by Gasteiger charge is -2.15. The molecule has 0 aliphatic carbocycles. The second kappa shape index (κ2) is 8.74. The third-order valence-electron chi connectivity index (χ3n) is 3.26. The summed E-state index contributed by atoms with van der Waals surface area (Å²) in [5.74, 6) is -1.01. The molecular formula is C17H16N2O5S. The fourth-order valence-corrected chi connectivity index (χ4v) is 2.60. The number of hydrogen-bond donors (Lipinski definition) is 0. The molecular weight excluding hydrogens is 344 g/mol. The molecule has 0 N–H and O–H groups in total. The van der Waals surface area contributed by atoms with Crippen LogP contribution in [0.15, 0.2) is 47.2 Å². The van der Waals surface area contributed by atoms with Gasteiger partial charge < -0.3 is 9.64 Å². The number of amides is 1. The van der Waals surface area contributed by atoms with Crippen molar-refractivity contribution < 1.29 is 19.2 Å². The number of thiophene rings is 1. The minimum Gasteiger partial charge on any atom is -0.452 e. The van der Waals surface area contributed by atoms with Crippen LogP contribution in [-0.4, -0.2) is 35.4 Å². The Hall–Kier alpha value is -3.00. The number of benzene rings is 1. The van der Waals surface area contributed by atoms with Crippen LogP contribution in [0.4, 0.5) is 5.69 Å². The van der Waals surface area contributed by atoms with Gasteiger partial charge in [-0.1, -0.05) is 12.1 Å². The van der Waals surface area contributed by atoms with Gasteiger partial charge in [0.15, 0.2) is 6.61 Å². The van der Waals surface area contributed by atoms with Gasteiger partial charge in [-0.2, -0.15) is 11.3 Å². The molecule has 0 aliphatic heterocycles. The average molecular weight is 360 g/mol. The van der Waals surface area contributed by atoms with Crippen LogP contribution in [0.1, 0.15) is 11.1 Å². The first-order valence-corrected chi connectivity index (χ1v) is 8.24. The topological polar surface area (TPSA) is 89.8 Å². The van der Waals surface area contributed by atoms with Crippen LogP contribution in [0.25, 0.3) is 6.08 Å². The summed E-state index contributed by atoms with van der Waals surface area (Å²) in [7, 11) is 1.63. The minimum atomic E-state index is -0.691. The molecule has 0 bridgehead atoms. The van der Waals surface area contributed by atoms with E-state index in [1.807, 2.05) is 16.8 Å². The van der Waals surface area contributed by atoms with Crippen LogP contribution in [0.2, 0.25) is 0 Å². The molecule has 130 valence electrons. The maximum atomic E-state index is 11.9. The summed E-state index contributed by atoms with van der Waals surface area (Å²) in [4.78, 5) is 35.2. The van der Waals surface area contributed by atoms with Crippen molar-refractivity contribution >= 4 is 35.0 Å². The number of non-ortho nitro benzene ring substituents is 1. The zero-order valence-corrected chi connectivity index (χ0v) is 14.3. The molecule has 0 saturated heterocycles. The van der Waals surface area contributed by atoms with Gasteiger partial charge in [0.1, 0.15) is 0 Å². The summed E-state index contributed by atoms with van der Waals surface area (Å²) in [6, 6.07) is 7.76. The fourth-order valence-electron chi connectivity index (χ4n) is 1.94. The summed E-state index contributed by atoms with van der Waals surface area (Å²) in [5, 5.41) is 14.6. The molecule has 0 aliphatic rings. The maximum Gasteiger partial charge on any atom is 0.331 e. The van der Waals surface area contributed by atoms with E-state index in [4.69, 9.17) is 4.74 Å². The Labute approximate surface area is 148 Å². The van der Waals surface area contributed by atoms with Crippen molar-refractivity contribution in [2.45, 2.75) is 6.54 Å². The summed E-state index contributed by atoms with van der Waals surface area (Å²) < 4.78 is 4.90. The van der Waals surface area contributed by atoms with Gasteiger partial charge in [0.25, 0.3) is 11.6 Å². The lowest BCUT2D eigenvalue weighted by molar-refractivity contribution is -0.384. The van der Waals surface area contributed by atoms with Gasteiger partial charge in [0.05, 0.1) is 4.92 Å². The van der Waals surface area contributed by atoms with Crippen molar-refractivity contribution in [3.63, 3.8) is 0 Å². The molecule has 1 heterocycles. The van der Waals surface area contributed by atoms with Crippen molar-refractivity contribution in [2.75, 3.05) is 13.7 Å². The highest BCUT2D eigenvalue weighted by Gasteiger charge is 2.11. The predicted molar refractivity (Wildman–Crippen MR) is 93.9 cm³/mol. The molecule has 0 radical (unpaired) electrons. The third-order valence-corrected chi connectivity index (χ3v) is 3.99. The van der Waals surface area contributed by atoms with E-state index in [0.29, 0.717) is 12.1 Å². The second-order valence-corrected chi connectivity index (χ2v) is 5.95. The largest absolute Gasteiger partial charge is 0.452 e. The highest BCUT2D eigenvalue weighted by atomic mass is 32.1. The summed E-state index contributed by atoms with van der Waals surface area (Å²) in [5.41, 5.74) is 1.44. The van der Waals surface area contributed by atoms with E-state index >= 15 is 0 Å². The Morgan fingerprint density at radius 1 is 1.36 bits per heavy atom. The van der Waals surface area contributed by atoms with E-state index in [1.165, 1.54) is 29.2 Å². The Balaban J connectivity index is 1.82. The van der Waals surface area contributed by atoms with Crippen LogP contribution in [0.5, 0.6) is 0 Å². The Morgan fingerprint density at radius 2 is 2.16 bits per heavy atom. The number of nitrogens with zero attached hydrogens (tertiary/aromatic N) is 2. The van der Waals surface area contributed by atoms with Gasteiger partial charge in [0, 0.05) is 31.8 Å². The number of carbonyl (C=O) groups excluding carboxylic acids is 2. The number of rotatable bonds is 7. The van der Waals surface area contributed by atoms with E-state index in [0.717, 1.165) is 11.6 Å². The molecule has 0 unspecified atom stereocenters. The molecule has 1 amide bonds. The third kappa shape index (κ3) is 5.85. The van der Waals surface area contributed by atoms with Gasteiger partial charge in [-0.3, -0.25) is 14.9 Å². The van der Waals surface area contributed by atoms with Crippen LogP contribution in [0, 0.1) is 10.1 Å². The highest BCUT2D eigenvalue weighted by molar-refractivity contribution is 7.07. The molecule has 8 heteroatoms. The molecule has 0 saturated carbocycles. The number of hydrogen-bond acceptors (Lipinski definition) is 6. The average Bonchev–Trinajstić information content (AvgIpc) is 3.11. The zero-order valence-electron chi connectivity index (χ0n) is 13.5. The van der Waals surface area contributed by atoms with Crippen molar-refractivity contribution in [2.24, 2.45) is 0 Å². The standard InChI is InChI=1S/C17H16N2O5S/c1-18(10-14-7-8-25-12-14)16(20)11-24-17(21)6-5-13-3-2-4-15(9-13)19(22)23/h2-9,12H,10-11H2,1H3/b6-5+. The highest BCUT2D eigenvalue weighted by Crippen LogP contribution is 2.14. The maximum absolute atomic E-state index is 11.9. The molecule has 1 aromatic heterocycles. The summed E-state index contributed by atoms with van der Waals surface area (Å²) >= 11 is 1.54. The number of nitro groups is 1. The smallest absolute Gasteiger partial charge is 0.331 e. The first-order valence-electron chi connectivity index (χ1n) is 7.30. The van der Waals surface area contributed by atoms with Crippen LogP contribution >= 0.6 is 11.3 Å². The number of nitro benzene ring substituents is 1. The van der Waals surface area contributed by atoms with E-state index in [1.54, 1.807) is 24.5 Å². The zero-order chi connectivity index (χ0) is 18.2. The second-order valence-electron chi connectivity index (χ2n) is 5.17. The number of ether oxygens (including phenoxy) is 1. The molecule has 7 nitrogen and oxygen atoms in total. The number of carbonyl (C=O) groups is 2. The van der Waals surface area contributed by atoms with E-state index in [-0.39, 0.29) is 18.2 Å². The van der Waals surface area contributed by atoms with Gasteiger partial charge >= 0.3 is 5.97 Å². The van der Waals surface area contributed by atoms with E-state index in [9.17, 15) is 19.7 Å². The van der Waals surface area contributed by atoms with Crippen LogP contribution in [0.3, 0.4) is 0 Å². The SMILES string of the molecule is CN(Cc1ccsc1)C(=O)COC(=O)/C=C/c1cccc([N+](=O)[O-])c1. The summed E-state index contributed by atoms with van der Waals surface area (Å²) in [6.45, 7) is 0.0855. The van der Waals surface area contributed by atoms with Crippen molar-refractivity contribution in [3.05, 3.63) is 68.4 Å². The van der Waals surface area contributed by atoms with E-state index in [2.05, 4.69) is 0 Å². The van der Waals surface area contributed by atoms with Crippen molar-refractivity contribution in [1.82, 2.24) is 4.90 Å². The van der Waals surface area contributed by atoms with Crippen molar-refractivity contribution in [1.29, 1.82) is 0 Å².